The molecular weight excluding hydrogens is 418 g/mol. The van der Waals surface area contributed by atoms with Gasteiger partial charge in [-0.15, -0.1) is 24.0 Å². The summed E-state index contributed by atoms with van der Waals surface area (Å²) in [5.74, 6) is 0.692. The number of hydrogen-bond donors (Lipinski definition) is 2. The SMILES string of the molecule is CCNC(=NCCCN(C)c1ccccc1F)NC1CC=CC1.I. The molecule has 0 heterocycles. The van der Waals surface area contributed by atoms with Crippen LogP contribution in [0.4, 0.5) is 10.1 Å². The van der Waals surface area contributed by atoms with Crippen LogP contribution >= 0.6 is 24.0 Å². The average Bonchev–Trinajstić information content (AvgIpc) is 3.05. The van der Waals surface area contributed by atoms with Gasteiger partial charge in [-0.25, -0.2) is 4.39 Å². The maximum absolute atomic E-state index is 13.7. The van der Waals surface area contributed by atoms with Gasteiger partial charge in [-0.05, 0) is 38.3 Å². The van der Waals surface area contributed by atoms with Crippen molar-refractivity contribution in [3.05, 3.63) is 42.2 Å². The van der Waals surface area contributed by atoms with Crippen LogP contribution in [-0.4, -0.2) is 38.7 Å². The second kappa shape index (κ2) is 11.3. The molecular formula is C18H28FIN4. The highest BCUT2D eigenvalue weighted by Crippen LogP contribution is 2.16. The highest BCUT2D eigenvalue weighted by atomic mass is 127. The van der Waals surface area contributed by atoms with Gasteiger partial charge in [0.1, 0.15) is 5.82 Å². The Morgan fingerprint density at radius 3 is 2.67 bits per heavy atom. The van der Waals surface area contributed by atoms with Crippen molar-refractivity contribution < 1.29 is 4.39 Å². The van der Waals surface area contributed by atoms with Crippen LogP contribution in [0.15, 0.2) is 41.4 Å². The number of aliphatic imine (C=N–C) groups is 1. The van der Waals surface area contributed by atoms with Crippen molar-refractivity contribution in [2.45, 2.75) is 32.2 Å². The van der Waals surface area contributed by atoms with Gasteiger partial charge in [0.2, 0.25) is 0 Å². The monoisotopic (exact) mass is 446 g/mol. The number of nitrogens with zero attached hydrogens (tertiary/aromatic N) is 2. The first-order valence-corrected chi connectivity index (χ1v) is 8.36. The Kier molecular flexibility index (Phi) is 9.75. The van der Waals surface area contributed by atoms with E-state index in [1.54, 1.807) is 12.1 Å². The Morgan fingerprint density at radius 1 is 1.29 bits per heavy atom. The van der Waals surface area contributed by atoms with Gasteiger partial charge < -0.3 is 15.5 Å². The number of para-hydroxylation sites is 1. The molecule has 0 spiro atoms. The van der Waals surface area contributed by atoms with Crippen LogP contribution in [0.5, 0.6) is 0 Å². The molecule has 0 fully saturated rings. The molecule has 1 aliphatic carbocycles. The highest BCUT2D eigenvalue weighted by molar-refractivity contribution is 14.0. The largest absolute Gasteiger partial charge is 0.372 e. The molecule has 24 heavy (non-hydrogen) atoms. The highest BCUT2D eigenvalue weighted by Gasteiger charge is 2.11. The van der Waals surface area contributed by atoms with Gasteiger partial charge in [-0.1, -0.05) is 24.3 Å². The molecule has 134 valence electrons. The Bertz CT molecular complexity index is 540. The molecule has 6 heteroatoms. The molecule has 0 bridgehead atoms. The van der Waals surface area contributed by atoms with E-state index in [-0.39, 0.29) is 29.8 Å². The lowest BCUT2D eigenvalue weighted by atomic mass is 10.2. The third-order valence-electron chi connectivity index (χ3n) is 3.88. The number of hydrogen-bond acceptors (Lipinski definition) is 2. The zero-order valence-electron chi connectivity index (χ0n) is 14.5. The number of rotatable bonds is 7. The smallest absolute Gasteiger partial charge is 0.191 e. The van der Waals surface area contributed by atoms with Crippen LogP contribution < -0.4 is 15.5 Å². The molecule has 2 N–H and O–H groups in total. The predicted molar refractivity (Wildman–Crippen MR) is 111 cm³/mol. The first kappa shape index (κ1) is 20.7. The van der Waals surface area contributed by atoms with Crippen molar-refractivity contribution in [1.29, 1.82) is 0 Å². The predicted octanol–water partition coefficient (Wildman–Crippen LogP) is 3.54. The van der Waals surface area contributed by atoms with E-state index >= 15 is 0 Å². The lowest BCUT2D eigenvalue weighted by molar-refractivity contribution is 0.619. The van der Waals surface area contributed by atoms with Crippen molar-refractivity contribution >= 4 is 35.6 Å². The van der Waals surface area contributed by atoms with Gasteiger partial charge in [0.05, 0.1) is 5.69 Å². The fourth-order valence-corrected chi connectivity index (χ4v) is 2.63. The first-order chi connectivity index (χ1) is 11.2. The summed E-state index contributed by atoms with van der Waals surface area (Å²) in [6.45, 7) is 4.40. The van der Waals surface area contributed by atoms with E-state index in [0.717, 1.165) is 38.3 Å². The molecule has 4 nitrogen and oxygen atoms in total. The molecule has 0 radical (unpaired) electrons. The van der Waals surface area contributed by atoms with Gasteiger partial charge in [0, 0.05) is 32.7 Å². The molecule has 0 saturated carbocycles. The van der Waals surface area contributed by atoms with Crippen LogP contribution in [0.2, 0.25) is 0 Å². The number of nitrogens with one attached hydrogen (secondary N) is 2. The minimum atomic E-state index is -0.178. The van der Waals surface area contributed by atoms with Crippen molar-refractivity contribution in [3.8, 4) is 0 Å². The Hall–Kier alpha value is -1.31. The quantitative estimate of drug-likeness (QED) is 0.221. The summed E-state index contributed by atoms with van der Waals surface area (Å²) in [6, 6.07) is 7.32. The van der Waals surface area contributed by atoms with E-state index in [9.17, 15) is 4.39 Å². The number of benzene rings is 1. The number of guanidine groups is 1. The van der Waals surface area contributed by atoms with Crippen molar-refractivity contribution in [1.82, 2.24) is 10.6 Å². The minimum Gasteiger partial charge on any atom is -0.372 e. The van der Waals surface area contributed by atoms with E-state index in [1.165, 1.54) is 6.07 Å². The lowest BCUT2D eigenvalue weighted by Crippen LogP contribution is -2.42. The zero-order valence-corrected chi connectivity index (χ0v) is 16.8. The summed E-state index contributed by atoms with van der Waals surface area (Å²) in [5.41, 5.74) is 0.638. The topological polar surface area (TPSA) is 39.7 Å². The van der Waals surface area contributed by atoms with E-state index in [4.69, 9.17) is 0 Å². The summed E-state index contributed by atoms with van der Waals surface area (Å²) < 4.78 is 13.7. The van der Waals surface area contributed by atoms with Crippen LogP contribution in [0.1, 0.15) is 26.2 Å². The summed E-state index contributed by atoms with van der Waals surface area (Å²) in [4.78, 5) is 6.55. The van der Waals surface area contributed by atoms with Crippen molar-refractivity contribution in [2.75, 3.05) is 31.6 Å². The Labute approximate surface area is 161 Å². The average molecular weight is 446 g/mol. The first-order valence-electron chi connectivity index (χ1n) is 8.36. The van der Waals surface area contributed by atoms with Crippen LogP contribution in [0.3, 0.4) is 0 Å². The van der Waals surface area contributed by atoms with E-state index in [0.29, 0.717) is 18.3 Å². The fraction of sp³-hybridized carbons (Fsp3) is 0.500. The lowest BCUT2D eigenvalue weighted by Gasteiger charge is -2.20. The fourth-order valence-electron chi connectivity index (χ4n) is 2.63. The van der Waals surface area contributed by atoms with E-state index in [2.05, 4.69) is 34.7 Å². The van der Waals surface area contributed by atoms with E-state index < -0.39 is 0 Å². The maximum Gasteiger partial charge on any atom is 0.191 e. The van der Waals surface area contributed by atoms with Crippen LogP contribution in [0, 0.1) is 5.82 Å². The third kappa shape index (κ3) is 6.67. The zero-order chi connectivity index (χ0) is 16.5. The molecule has 0 aromatic heterocycles. The molecule has 0 atom stereocenters. The summed E-state index contributed by atoms with van der Waals surface area (Å²) >= 11 is 0. The standard InChI is InChI=1S/C18H27FN4.HI/c1-3-20-18(22-15-9-4-5-10-15)21-13-8-14-23(2)17-12-7-6-11-16(17)19;/h4-7,11-12,15H,3,8-10,13-14H2,1-2H3,(H2,20,21,22);1H. The third-order valence-corrected chi connectivity index (χ3v) is 3.88. The van der Waals surface area contributed by atoms with Gasteiger partial charge >= 0.3 is 0 Å². The normalized spacial score (nSPS) is 14.4. The summed E-state index contributed by atoms with van der Waals surface area (Å²) in [7, 11) is 1.91. The Balaban J connectivity index is 0.00000288. The van der Waals surface area contributed by atoms with E-state index in [1.807, 2.05) is 18.0 Å². The summed E-state index contributed by atoms with van der Waals surface area (Å²) in [6.07, 6.45) is 7.39. The molecule has 2 rings (SSSR count). The molecule has 0 amide bonds. The van der Waals surface area contributed by atoms with Gasteiger partial charge in [0.15, 0.2) is 5.96 Å². The molecule has 1 aromatic carbocycles. The molecule has 1 aliphatic rings. The maximum atomic E-state index is 13.7. The second-order valence-electron chi connectivity index (χ2n) is 5.77. The summed E-state index contributed by atoms with van der Waals surface area (Å²) in [5, 5.41) is 6.72. The Morgan fingerprint density at radius 2 is 2.00 bits per heavy atom. The molecule has 0 aliphatic heterocycles. The minimum absolute atomic E-state index is 0. The van der Waals surface area contributed by atoms with Crippen molar-refractivity contribution in [3.63, 3.8) is 0 Å². The van der Waals surface area contributed by atoms with Gasteiger partial charge in [0.25, 0.3) is 0 Å². The van der Waals surface area contributed by atoms with Crippen LogP contribution in [-0.2, 0) is 0 Å². The molecule has 0 unspecified atom stereocenters. The van der Waals surface area contributed by atoms with Crippen LogP contribution in [0.25, 0.3) is 0 Å². The number of halogens is 2. The molecule has 1 aromatic rings. The number of anilines is 1. The second-order valence-corrected chi connectivity index (χ2v) is 5.77. The van der Waals surface area contributed by atoms with Gasteiger partial charge in [-0.2, -0.15) is 0 Å². The van der Waals surface area contributed by atoms with Crippen molar-refractivity contribution in [2.24, 2.45) is 4.99 Å². The van der Waals surface area contributed by atoms with Gasteiger partial charge in [-0.3, -0.25) is 4.99 Å². The molecule has 0 saturated heterocycles.